The molecule has 98 valence electrons. The van der Waals surface area contributed by atoms with Gasteiger partial charge >= 0.3 is 0 Å². The lowest BCUT2D eigenvalue weighted by molar-refractivity contribution is 0.394. The van der Waals surface area contributed by atoms with Crippen LogP contribution in [0.5, 0.6) is 0 Å². The van der Waals surface area contributed by atoms with Crippen LogP contribution in [-0.4, -0.2) is 11.1 Å². The van der Waals surface area contributed by atoms with Crippen LogP contribution < -0.4 is 5.73 Å². The lowest BCUT2D eigenvalue weighted by Crippen LogP contribution is -2.17. The van der Waals surface area contributed by atoms with E-state index in [1.165, 1.54) is 25.7 Å². The number of halogens is 1. The number of amidine groups is 1. The highest BCUT2D eigenvalue weighted by molar-refractivity contribution is 8.00. The largest absolute Gasteiger partial charge is 0.384 e. The Labute approximate surface area is 118 Å². The summed E-state index contributed by atoms with van der Waals surface area (Å²) in [5, 5.41) is 8.97. The Balaban J connectivity index is 2.16. The molecule has 0 heterocycles. The first kappa shape index (κ1) is 13.8. The monoisotopic (exact) mass is 282 g/mol. The molecule has 0 amide bonds. The van der Waals surface area contributed by atoms with E-state index in [0.717, 1.165) is 16.4 Å². The summed E-state index contributed by atoms with van der Waals surface area (Å²) in [4.78, 5) is 1.05. The number of hydrogen-bond acceptors (Lipinski definition) is 2. The minimum absolute atomic E-state index is 0.123. The molecule has 0 saturated heterocycles. The van der Waals surface area contributed by atoms with Crippen molar-refractivity contribution in [2.75, 3.05) is 0 Å². The summed E-state index contributed by atoms with van der Waals surface area (Å²) < 4.78 is 0. The topological polar surface area (TPSA) is 49.9 Å². The second-order valence-corrected chi connectivity index (χ2v) is 6.84. The molecule has 0 aromatic heterocycles. The predicted octanol–water partition coefficient (Wildman–Crippen LogP) is 4.29. The third-order valence-corrected chi connectivity index (χ3v) is 5.00. The number of rotatable bonds is 3. The molecule has 1 saturated carbocycles. The first-order valence-corrected chi connectivity index (χ1v) is 7.62. The molecule has 1 aliphatic rings. The molecule has 18 heavy (non-hydrogen) atoms. The van der Waals surface area contributed by atoms with Gasteiger partial charge in [-0.2, -0.15) is 0 Å². The maximum atomic E-state index is 7.62. The quantitative estimate of drug-likeness (QED) is 0.642. The zero-order valence-electron chi connectivity index (χ0n) is 10.6. The fourth-order valence-electron chi connectivity index (χ4n) is 2.48. The molecule has 1 aromatic carbocycles. The van der Waals surface area contributed by atoms with Crippen LogP contribution in [0.15, 0.2) is 23.1 Å². The summed E-state index contributed by atoms with van der Waals surface area (Å²) >= 11 is 7.88. The molecule has 2 rings (SSSR count). The van der Waals surface area contributed by atoms with Gasteiger partial charge in [0.25, 0.3) is 0 Å². The third kappa shape index (κ3) is 3.42. The van der Waals surface area contributed by atoms with Gasteiger partial charge < -0.3 is 5.73 Å². The number of benzene rings is 1. The maximum absolute atomic E-state index is 7.62. The van der Waals surface area contributed by atoms with Crippen molar-refractivity contribution < 1.29 is 0 Å². The highest BCUT2D eigenvalue weighted by atomic mass is 35.5. The molecule has 1 aromatic rings. The number of thioether (sulfide) groups is 1. The molecule has 1 fully saturated rings. The smallest absolute Gasteiger partial charge is 0.123 e. The predicted molar refractivity (Wildman–Crippen MR) is 79.7 cm³/mol. The Kier molecular flexibility index (Phi) is 4.57. The van der Waals surface area contributed by atoms with E-state index in [1.807, 2.05) is 23.9 Å². The molecule has 2 nitrogen and oxygen atoms in total. The number of nitrogen functional groups attached to an aromatic ring is 1. The normalized spacial score (nSPS) is 23.9. The van der Waals surface area contributed by atoms with E-state index in [1.54, 1.807) is 6.07 Å². The molecular formula is C14H19ClN2S. The van der Waals surface area contributed by atoms with E-state index >= 15 is 0 Å². The number of hydrogen-bond donors (Lipinski definition) is 2. The van der Waals surface area contributed by atoms with E-state index in [9.17, 15) is 0 Å². The van der Waals surface area contributed by atoms with Crippen molar-refractivity contribution in [1.82, 2.24) is 0 Å². The van der Waals surface area contributed by atoms with Gasteiger partial charge in [0.2, 0.25) is 0 Å². The molecule has 4 heteroatoms. The van der Waals surface area contributed by atoms with Crippen molar-refractivity contribution in [2.24, 2.45) is 11.7 Å². The summed E-state index contributed by atoms with van der Waals surface area (Å²) in [6.07, 6.45) is 5.13. The van der Waals surface area contributed by atoms with Gasteiger partial charge in [-0.05, 0) is 37.0 Å². The van der Waals surface area contributed by atoms with Gasteiger partial charge in [-0.3, -0.25) is 5.41 Å². The van der Waals surface area contributed by atoms with Crippen molar-refractivity contribution in [1.29, 1.82) is 5.41 Å². The summed E-state index contributed by atoms with van der Waals surface area (Å²) in [5.74, 6) is 0.925. The van der Waals surface area contributed by atoms with Gasteiger partial charge in [-0.15, -0.1) is 11.8 Å². The van der Waals surface area contributed by atoms with Crippen molar-refractivity contribution in [3.8, 4) is 0 Å². The first-order chi connectivity index (χ1) is 8.56. The van der Waals surface area contributed by atoms with Crippen LogP contribution in [0.1, 0.15) is 38.2 Å². The van der Waals surface area contributed by atoms with E-state index in [4.69, 9.17) is 22.7 Å². The summed E-state index contributed by atoms with van der Waals surface area (Å²) in [7, 11) is 0. The van der Waals surface area contributed by atoms with Crippen LogP contribution in [0.4, 0.5) is 0 Å². The van der Waals surface area contributed by atoms with Crippen molar-refractivity contribution >= 4 is 29.2 Å². The minimum atomic E-state index is 0.123. The van der Waals surface area contributed by atoms with Crippen LogP contribution in [-0.2, 0) is 0 Å². The molecule has 0 spiro atoms. The summed E-state index contributed by atoms with van der Waals surface area (Å²) in [6, 6.07) is 5.58. The van der Waals surface area contributed by atoms with Crippen LogP contribution in [0.25, 0.3) is 0 Å². The van der Waals surface area contributed by atoms with Gasteiger partial charge in [0, 0.05) is 20.7 Å². The lowest BCUT2D eigenvalue weighted by atomic mass is 9.91. The fourth-order valence-corrected chi connectivity index (χ4v) is 4.29. The molecule has 2 atom stereocenters. The van der Waals surface area contributed by atoms with Gasteiger partial charge in [-0.25, -0.2) is 0 Å². The van der Waals surface area contributed by atoms with Crippen molar-refractivity contribution in [3.63, 3.8) is 0 Å². The first-order valence-electron chi connectivity index (χ1n) is 6.37. The highest BCUT2D eigenvalue weighted by Crippen LogP contribution is 2.38. The maximum Gasteiger partial charge on any atom is 0.123 e. The van der Waals surface area contributed by atoms with Gasteiger partial charge in [0.05, 0.1) is 0 Å². The van der Waals surface area contributed by atoms with Crippen LogP contribution >= 0.6 is 23.4 Å². The minimum Gasteiger partial charge on any atom is -0.384 e. The lowest BCUT2D eigenvalue weighted by Gasteiger charge is -2.26. The summed E-state index contributed by atoms with van der Waals surface area (Å²) in [5.41, 5.74) is 6.43. The fraction of sp³-hybridized carbons (Fsp3) is 0.500. The Morgan fingerprint density at radius 1 is 1.44 bits per heavy atom. The van der Waals surface area contributed by atoms with E-state index < -0.39 is 0 Å². The second-order valence-electron chi connectivity index (χ2n) is 5.07. The average molecular weight is 283 g/mol. The third-order valence-electron chi connectivity index (χ3n) is 3.42. The van der Waals surface area contributed by atoms with Crippen molar-refractivity contribution in [2.45, 2.75) is 42.8 Å². The van der Waals surface area contributed by atoms with Gasteiger partial charge in [-0.1, -0.05) is 31.4 Å². The van der Waals surface area contributed by atoms with E-state index in [0.29, 0.717) is 10.3 Å². The van der Waals surface area contributed by atoms with Crippen LogP contribution in [0.3, 0.4) is 0 Å². The SMILES string of the molecule is CC1CCCC(Sc2cc(Cl)ccc2C(=N)N)C1. The second kappa shape index (κ2) is 5.98. The van der Waals surface area contributed by atoms with E-state index in [-0.39, 0.29) is 5.84 Å². The molecular weight excluding hydrogens is 264 g/mol. The Hall–Kier alpha value is -0.670. The molecule has 2 unspecified atom stereocenters. The Morgan fingerprint density at radius 2 is 2.22 bits per heavy atom. The van der Waals surface area contributed by atoms with Gasteiger partial charge in [0.15, 0.2) is 0 Å². The molecule has 0 bridgehead atoms. The molecule has 3 N–H and O–H groups in total. The number of nitrogens with two attached hydrogens (primary N) is 1. The average Bonchev–Trinajstić information content (AvgIpc) is 2.28. The zero-order valence-corrected chi connectivity index (χ0v) is 12.2. The summed E-state index contributed by atoms with van der Waals surface area (Å²) in [6.45, 7) is 2.32. The van der Waals surface area contributed by atoms with Crippen molar-refractivity contribution in [3.05, 3.63) is 28.8 Å². The van der Waals surface area contributed by atoms with Crippen LogP contribution in [0.2, 0.25) is 5.02 Å². The van der Waals surface area contributed by atoms with E-state index in [2.05, 4.69) is 6.92 Å². The number of nitrogens with one attached hydrogen (secondary N) is 1. The standard InChI is InChI=1S/C14H19ClN2S/c1-9-3-2-4-11(7-9)18-13-8-10(15)5-6-12(13)14(16)17/h5-6,8-9,11H,2-4,7H2,1H3,(H3,16,17). The van der Waals surface area contributed by atoms with Gasteiger partial charge in [0.1, 0.15) is 5.84 Å². The highest BCUT2D eigenvalue weighted by Gasteiger charge is 2.21. The zero-order chi connectivity index (χ0) is 13.1. The molecule has 1 aliphatic carbocycles. The molecule has 0 radical (unpaired) electrons. The molecule has 0 aliphatic heterocycles. The van der Waals surface area contributed by atoms with Crippen LogP contribution in [0, 0.1) is 11.3 Å². The Bertz CT molecular complexity index is 447. The Morgan fingerprint density at radius 3 is 2.89 bits per heavy atom.